The highest BCUT2D eigenvalue weighted by atomic mass is 35.5. The Hall–Kier alpha value is -3.50. The van der Waals surface area contributed by atoms with Gasteiger partial charge < -0.3 is 13.9 Å². The lowest BCUT2D eigenvalue weighted by Crippen LogP contribution is -1.98. The van der Waals surface area contributed by atoms with Crippen LogP contribution in [0, 0.1) is 0 Å². The standard InChI is InChI=1S/C30H22Cl2N2O/c31-25-9-7-23-11-13-33(29(23)17-25)27-5-1-3-21(15-27)19-35-20-22-4-2-6-28(16-22)34-14-12-24-8-10-26(32)18-30(24)34/h1-18H,19-20H2. The Kier molecular flexibility index (Phi) is 5.83. The second-order valence-corrected chi connectivity index (χ2v) is 9.48. The smallest absolute Gasteiger partial charge is 0.0722 e. The molecular formula is C30H22Cl2N2O. The zero-order valence-electron chi connectivity index (χ0n) is 18.9. The molecule has 0 fully saturated rings. The van der Waals surface area contributed by atoms with E-state index in [0.29, 0.717) is 13.2 Å². The first-order valence-electron chi connectivity index (χ1n) is 11.4. The van der Waals surface area contributed by atoms with Crippen LogP contribution in [0.1, 0.15) is 11.1 Å². The summed E-state index contributed by atoms with van der Waals surface area (Å²) >= 11 is 12.5. The Bertz CT molecular complexity index is 1540. The molecule has 0 spiro atoms. The highest BCUT2D eigenvalue weighted by Gasteiger charge is 2.07. The predicted molar refractivity (Wildman–Crippen MR) is 145 cm³/mol. The van der Waals surface area contributed by atoms with Crippen molar-refractivity contribution in [1.29, 1.82) is 0 Å². The van der Waals surface area contributed by atoms with Gasteiger partial charge in [0.05, 0.1) is 24.2 Å². The van der Waals surface area contributed by atoms with E-state index in [-0.39, 0.29) is 0 Å². The van der Waals surface area contributed by atoms with Gasteiger partial charge in [0.25, 0.3) is 0 Å². The highest BCUT2D eigenvalue weighted by Crippen LogP contribution is 2.26. The van der Waals surface area contributed by atoms with Crippen LogP contribution in [0.25, 0.3) is 33.2 Å². The van der Waals surface area contributed by atoms with Crippen molar-refractivity contribution in [2.75, 3.05) is 0 Å². The third kappa shape index (κ3) is 4.46. The highest BCUT2D eigenvalue weighted by molar-refractivity contribution is 6.31. The molecule has 35 heavy (non-hydrogen) atoms. The number of ether oxygens (including phenoxy) is 1. The van der Waals surface area contributed by atoms with Gasteiger partial charge in [0.15, 0.2) is 0 Å². The first-order chi connectivity index (χ1) is 17.1. The van der Waals surface area contributed by atoms with Crippen molar-refractivity contribution in [3.8, 4) is 11.4 Å². The zero-order chi connectivity index (χ0) is 23.8. The maximum absolute atomic E-state index is 6.23. The quantitative estimate of drug-likeness (QED) is 0.226. The van der Waals surface area contributed by atoms with E-state index in [4.69, 9.17) is 27.9 Å². The zero-order valence-corrected chi connectivity index (χ0v) is 20.4. The number of hydrogen-bond acceptors (Lipinski definition) is 1. The third-order valence-electron chi connectivity index (χ3n) is 6.23. The number of aromatic nitrogens is 2. The van der Waals surface area contributed by atoms with Gasteiger partial charge in [-0.25, -0.2) is 0 Å². The number of hydrogen-bond donors (Lipinski definition) is 0. The van der Waals surface area contributed by atoms with Crippen LogP contribution in [0.5, 0.6) is 0 Å². The lowest BCUT2D eigenvalue weighted by Gasteiger charge is -2.11. The van der Waals surface area contributed by atoms with Gasteiger partial charge in [-0.3, -0.25) is 0 Å². The van der Waals surface area contributed by atoms with Gasteiger partial charge in [-0.2, -0.15) is 0 Å². The van der Waals surface area contributed by atoms with Gasteiger partial charge in [-0.1, -0.05) is 59.6 Å². The Labute approximate surface area is 213 Å². The Morgan fingerprint density at radius 3 is 1.51 bits per heavy atom. The molecule has 6 rings (SSSR count). The van der Waals surface area contributed by atoms with Crippen molar-refractivity contribution in [3.05, 3.63) is 131 Å². The molecule has 2 aromatic heterocycles. The summed E-state index contributed by atoms with van der Waals surface area (Å²) in [4.78, 5) is 0. The molecule has 2 heterocycles. The second-order valence-electron chi connectivity index (χ2n) is 8.61. The molecule has 5 heteroatoms. The van der Waals surface area contributed by atoms with Crippen molar-refractivity contribution in [3.63, 3.8) is 0 Å². The summed E-state index contributed by atoms with van der Waals surface area (Å²) in [5.41, 5.74) is 6.59. The summed E-state index contributed by atoms with van der Waals surface area (Å²) in [6, 6.07) is 32.9. The molecule has 0 N–H and O–H groups in total. The Morgan fingerprint density at radius 2 is 1.03 bits per heavy atom. The van der Waals surface area contributed by atoms with Crippen molar-refractivity contribution in [2.24, 2.45) is 0 Å². The fourth-order valence-corrected chi connectivity index (χ4v) is 4.86. The number of benzene rings is 4. The molecule has 0 saturated heterocycles. The van der Waals surface area contributed by atoms with Gasteiger partial charge in [0, 0.05) is 44.6 Å². The lowest BCUT2D eigenvalue weighted by atomic mass is 10.2. The van der Waals surface area contributed by atoms with Crippen LogP contribution in [0.15, 0.2) is 109 Å². The minimum absolute atomic E-state index is 0.528. The summed E-state index contributed by atoms with van der Waals surface area (Å²) in [7, 11) is 0. The van der Waals surface area contributed by atoms with Gasteiger partial charge in [-0.15, -0.1) is 0 Å². The summed E-state index contributed by atoms with van der Waals surface area (Å²) in [5, 5.41) is 3.78. The Balaban J connectivity index is 1.18. The van der Waals surface area contributed by atoms with Crippen LogP contribution >= 0.6 is 23.2 Å². The average Bonchev–Trinajstić information content (AvgIpc) is 3.48. The van der Waals surface area contributed by atoms with E-state index >= 15 is 0 Å². The van der Waals surface area contributed by atoms with Crippen LogP contribution in [0.2, 0.25) is 10.0 Å². The monoisotopic (exact) mass is 496 g/mol. The molecule has 0 aliphatic heterocycles. The SMILES string of the molecule is Clc1ccc2ccn(-c3cccc(COCc4cccc(-n5ccc6ccc(Cl)cc65)c4)c3)c2c1. The molecular weight excluding hydrogens is 475 g/mol. The minimum Gasteiger partial charge on any atom is -0.372 e. The summed E-state index contributed by atoms with van der Waals surface area (Å²) < 4.78 is 10.4. The van der Waals surface area contributed by atoms with Crippen LogP contribution < -0.4 is 0 Å². The van der Waals surface area contributed by atoms with E-state index < -0.39 is 0 Å². The molecule has 172 valence electrons. The average molecular weight is 497 g/mol. The first kappa shape index (κ1) is 22.0. The number of halogens is 2. The van der Waals surface area contributed by atoms with Gasteiger partial charge in [-0.05, 0) is 71.8 Å². The molecule has 0 aliphatic carbocycles. The van der Waals surface area contributed by atoms with Crippen molar-refractivity contribution < 1.29 is 4.74 Å². The molecule has 0 unspecified atom stereocenters. The van der Waals surface area contributed by atoms with E-state index in [1.807, 2.05) is 36.4 Å². The number of fused-ring (bicyclic) bond motifs is 2. The van der Waals surface area contributed by atoms with Crippen LogP contribution in [0.3, 0.4) is 0 Å². The maximum Gasteiger partial charge on any atom is 0.0722 e. The molecule has 0 bridgehead atoms. The molecule has 4 aromatic carbocycles. The number of nitrogens with zero attached hydrogens (tertiary/aromatic N) is 2. The van der Waals surface area contributed by atoms with Gasteiger partial charge in [0.1, 0.15) is 0 Å². The summed E-state index contributed by atoms with van der Waals surface area (Å²) in [6.07, 6.45) is 4.15. The second kappa shape index (κ2) is 9.27. The van der Waals surface area contributed by atoms with Gasteiger partial charge >= 0.3 is 0 Å². The topological polar surface area (TPSA) is 19.1 Å². The fraction of sp³-hybridized carbons (Fsp3) is 0.0667. The molecule has 0 radical (unpaired) electrons. The molecule has 0 amide bonds. The maximum atomic E-state index is 6.23. The van der Waals surface area contributed by atoms with Crippen LogP contribution in [-0.2, 0) is 18.0 Å². The van der Waals surface area contributed by atoms with E-state index in [1.54, 1.807) is 0 Å². The van der Waals surface area contributed by atoms with Crippen molar-refractivity contribution in [1.82, 2.24) is 9.13 Å². The predicted octanol–water partition coefficient (Wildman–Crippen LogP) is 8.60. The molecule has 0 saturated carbocycles. The van der Waals surface area contributed by atoms with Crippen molar-refractivity contribution >= 4 is 45.0 Å². The normalized spacial score (nSPS) is 11.5. The molecule has 0 aliphatic rings. The fourth-order valence-electron chi connectivity index (χ4n) is 4.53. The summed E-state index contributed by atoms with van der Waals surface area (Å²) in [6.45, 7) is 1.06. The van der Waals surface area contributed by atoms with Gasteiger partial charge in [0.2, 0.25) is 0 Å². The van der Waals surface area contributed by atoms with E-state index in [0.717, 1.165) is 54.4 Å². The largest absolute Gasteiger partial charge is 0.372 e. The minimum atomic E-state index is 0.528. The van der Waals surface area contributed by atoms with E-state index in [2.05, 4.69) is 82.2 Å². The van der Waals surface area contributed by atoms with Crippen LogP contribution in [0.4, 0.5) is 0 Å². The van der Waals surface area contributed by atoms with E-state index in [1.165, 1.54) is 0 Å². The van der Waals surface area contributed by atoms with E-state index in [9.17, 15) is 0 Å². The first-order valence-corrected chi connectivity index (χ1v) is 12.2. The molecule has 0 atom stereocenters. The molecule has 3 nitrogen and oxygen atoms in total. The van der Waals surface area contributed by atoms with Crippen molar-refractivity contribution in [2.45, 2.75) is 13.2 Å². The van der Waals surface area contributed by atoms with Crippen LogP contribution in [-0.4, -0.2) is 9.13 Å². The Morgan fingerprint density at radius 1 is 0.543 bits per heavy atom. The lowest BCUT2D eigenvalue weighted by molar-refractivity contribution is 0.107. The molecule has 6 aromatic rings. The number of rotatable bonds is 6. The third-order valence-corrected chi connectivity index (χ3v) is 6.70. The summed E-state index contributed by atoms with van der Waals surface area (Å²) in [5.74, 6) is 0.